The molecule has 2 heterocycles. The highest BCUT2D eigenvalue weighted by atomic mass is 35.5. The van der Waals surface area contributed by atoms with Crippen LogP contribution >= 0.6 is 11.6 Å². The Balaban J connectivity index is 1.88. The van der Waals surface area contributed by atoms with Gasteiger partial charge in [0, 0.05) is 23.0 Å². The highest BCUT2D eigenvalue weighted by Gasteiger charge is 2.44. The van der Waals surface area contributed by atoms with Crippen LogP contribution in [0.4, 0.5) is 13.2 Å². The number of carbonyl (C=O) groups excluding carboxylic acids is 1. The largest absolute Gasteiger partial charge is 0.493 e. The molecule has 2 aromatic rings. The summed E-state index contributed by atoms with van der Waals surface area (Å²) in [5.74, 6) is -0.373. The fraction of sp³-hybridized carbons (Fsp3) is 0.400. The fourth-order valence-electron chi connectivity index (χ4n) is 2.53. The van der Waals surface area contributed by atoms with E-state index in [-0.39, 0.29) is 18.9 Å². The normalized spacial score (nSPS) is 18.9. The third-order valence-corrected chi connectivity index (χ3v) is 3.91. The van der Waals surface area contributed by atoms with E-state index < -0.39 is 24.7 Å². The average molecular weight is 364 g/mol. The highest BCUT2D eigenvalue weighted by Crippen LogP contribution is 2.33. The molecule has 0 unspecified atom stereocenters. The Morgan fingerprint density at radius 3 is 2.79 bits per heavy atom. The molecule has 5 nitrogen and oxygen atoms in total. The minimum atomic E-state index is -4.52. The Morgan fingerprint density at radius 2 is 2.12 bits per heavy atom. The van der Waals surface area contributed by atoms with E-state index in [0.717, 1.165) is 4.90 Å². The highest BCUT2D eigenvalue weighted by molar-refractivity contribution is 6.31. The lowest BCUT2D eigenvalue weighted by Gasteiger charge is -2.33. The number of fused-ring (bicyclic) bond motifs is 1. The molecule has 130 valence electrons. The smallest absolute Gasteiger partial charge is 0.416 e. The number of amides is 1. The SMILES string of the molecule is COc1cc(Cl)cc2cc(C(=O)N3CCO[C@@H](C(F)(F)F)C3)oc12. The number of nitrogens with zero attached hydrogens (tertiary/aromatic N) is 1. The van der Waals surface area contributed by atoms with Crippen LogP contribution in [-0.2, 0) is 4.74 Å². The number of furan rings is 1. The lowest BCUT2D eigenvalue weighted by atomic mass is 10.2. The standard InChI is InChI=1S/C15H13ClF3NO4/c1-22-10-6-9(16)4-8-5-11(24-13(8)10)14(21)20-2-3-23-12(7-20)15(17,18)19/h4-6,12H,2-3,7H2,1H3/t12-/m1/s1. The number of ether oxygens (including phenoxy) is 2. The van der Waals surface area contributed by atoms with Crippen molar-refractivity contribution in [3.63, 3.8) is 0 Å². The first kappa shape index (κ1) is 16.9. The first-order valence-electron chi connectivity index (χ1n) is 7.04. The van der Waals surface area contributed by atoms with E-state index in [4.69, 9.17) is 20.8 Å². The van der Waals surface area contributed by atoms with Crippen molar-refractivity contribution in [3.05, 3.63) is 29.0 Å². The third kappa shape index (κ3) is 3.16. The monoisotopic (exact) mass is 363 g/mol. The molecule has 3 rings (SSSR count). The van der Waals surface area contributed by atoms with Gasteiger partial charge in [0.05, 0.1) is 20.3 Å². The molecule has 1 aromatic heterocycles. The number of carbonyl (C=O) groups is 1. The number of hydrogen-bond donors (Lipinski definition) is 0. The fourth-order valence-corrected chi connectivity index (χ4v) is 2.75. The van der Waals surface area contributed by atoms with E-state index in [1.807, 2.05) is 0 Å². The average Bonchev–Trinajstić information content (AvgIpc) is 2.96. The van der Waals surface area contributed by atoms with Gasteiger partial charge in [0.1, 0.15) is 0 Å². The molecular weight excluding hydrogens is 351 g/mol. The van der Waals surface area contributed by atoms with Crippen LogP contribution in [0, 0.1) is 0 Å². The van der Waals surface area contributed by atoms with Gasteiger partial charge in [-0.1, -0.05) is 11.6 Å². The van der Waals surface area contributed by atoms with Gasteiger partial charge in [-0.25, -0.2) is 0 Å². The van der Waals surface area contributed by atoms with Crippen molar-refractivity contribution in [3.8, 4) is 5.75 Å². The molecule has 0 radical (unpaired) electrons. The predicted molar refractivity (Wildman–Crippen MR) is 79.5 cm³/mol. The second-order valence-corrected chi connectivity index (χ2v) is 5.73. The lowest BCUT2D eigenvalue weighted by molar-refractivity contribution is -0.233. The Labute approximate surface area is 139 Å². The van der Waals surface area contributed by atoms with Gasteiger partial charge in [0.2, 0.25) is 0 Å². The zero-order chi connectivity index (χ0) is 17.5. The van der Waals surface area contributed by atoms with Crippen molar-refractivity contribution in [2.45, 2.75) is 12.3 Å². The number of rotatable bonds is 2. The molecule has 1 aromatic carbocycles. The molecular formula is C15H13ClF3NO4. The van der Waals surface area contributed by atoms with Crippen molar-refractivity contribution < 1.29 is 31.9 Å². The maximum absolute atomic E-state index is 12.8. The number of alkyl halides is 3. The van der Waals surface area contributed by atoms with Crippen molar-refractivity contribution in [2.24, 2.45) is 0 Å². The van der Waals surface area contributed by atoms with Crippen molar-refractivity contribution in [1.82, 2.24) is 4.90 Å². The van der Waals surface area contributed by atoms with Gasteiger partial charge >= 0.3 is 6.18 Å². The van der Waals surface area contributed by atoms with Gasteiger partial charge < -0.3 is 18.8 Å². The molecule has 1 atom stereocenters. The van der Waals surface area contributed by atoms with E-state index in [1.165, 1.54) is 19.2 Å². The Kier molecular flexibility index (Phi) is 4.35. The van der Waals surface area contributed by atoms with E-state index in [9.17, 15) is 18.0 Å². The summed E-state index contributed by atoms with van der Waals surface area (Å²) in [6.45, 7) is -0.705. The lowest BCUT2D eigenvalue weighted by Crippen LogP contribution is -2.51. The van der Waals surface area contributed by atoms with Gasteiger partial charge in [-0.2, -0.15) is 13.2 Å². The van der Waals surface area contributed by atoms with Gasteiger partial charge in [0.25, 0.3) is 5.91 Å². The summed E-state index contributed by atoms with van der Waals surface area (Å²) in [5.41, 5.74) is 0.311. The first-order chi connectivity index (χ1) is 11.3. The minimum absolute atomic E-state index is 0.0559. The van der Waals surface area contributed by atoms with Crippen molar-refractivity contribution in [1.29, 1.82) is 0 Å². The van der Waals surface area contributed by atoms with Gasteiger partial charge in [0.15, 0.2) is 23.2 Å². The van der Waals surface area contributed by atoms with Crippen LogP contribution in [-0.4, -0.2) is 49.9 Å². The van der Waals surface area contributed by atoms with Gasteiger partial charge in [-0.3, -0.25) is 4.79 Å². The molecule has 0 bridgehead atoms. The van der Waals surface area contributed by atoms with Crippen LogP contribution in [0.25, 0.3) is 11.0 Å². The zero-order valence-corrected chi connectivity index (χ0v) is 13.3. The summed E-state index contributed by atoms with van der Waals surface area (Å²) in [5, 5.41) is 0.922. The van der Waals surface area contributed by atoms with E-state index in [1.54, 1.807) is 6.07 Å². The first-order valence-corrected chi connectivity index (χ1v) is 7.42. The van der Waals surface area contributed by atoms with E-state index in [2.05, 4.69) is 4.74 Å². The van der Waals surface area contributed by atoms with Crippen LogP contribution in [0.1, 0.15) is 10.6 Å². The Morgan fingerprint density at radius 1 is 1.38 bits per heavy atom. The van der Waals surface area contributed by atoms with Crippen LogP contribution < -0.4 is 4.74 Å². The zero-order valence-electron chi connectivity index (χ0n) is 12.5. The van der Waals surface area contributed by atoms with Gasteiger partial charge in [-0.15, -0.1) is 0 Å². The molecule has 1 fully saturated rings. The van der Waals surface area contributed by atoms with Crippen LogP contribution in [0.15, 0.2) is 22.6 Å². The molecule has 1 aliphatic rings. The molecule has 1 aliphatic heterocycles. The number of morpholine rings is 1. The minimum Gasteiger partial charge on any atom is -0.493 e. The second kappa shape index (κ2) is 6.18. The van der Waals surface area contributed by atoms with Crippen LogP contribution in [0.3, 0.4) is 0 Å². The topological polar surface area (TPSA) is 51.9 Å². The summed E-state index contributed by atoms with van der Waals surface area (Å²) in [7, 11) is 1.42. The van der Waals surface area contributed by atoms with Crippen molar-refractivity contribution >= 4 is 28.5 Å². The summed E-state index contributed by atoms with van der Waals surface area (Å²) >= 11 is 5.95. The van der Waals surface area contributed by atoms with E-state index in [0.29, 0.717) is 21.7 Å². The number of hydrogen-bond acceptors (Lipinski definition) is 4. The maximum atomic E-state index is 12.8. The summed E-state index contributed by atoms with van der Waals surface area (Å²) < 4.78 is 53.6. The molecule has 1 saturated heterocycles. The van der Waals surface area contributed by atoms with E-state index >= 15 is 0 Å². The van der Waals surface area contributed by atoms with Crippen LogP contribution in [0.5, 0.6) is 5.75 Å². The number of benzene rings is 1. The summed E-state index contributed by atoms with van der Waals surface area (Å²) in [6.07, 6.45) is -6.52. The second-order valence-electron chi connectivity index (χ2n) is 5.29. The Hall–Kier alpha value is -1.93. The molecule has 0 N–H and O–H groups in total. The maximum Gasteiger partial charge on any atom is 0.416 e. The Bertz CT molecular complexity index is 774. The molecule has 1 amide bonds. The molecule has 0 saturated carbocycles. The summed E-state index contributed by atoms with van der Waals surface area (Å²) in [6, 6.07) is 4.54. The number of halogens is 4. The molecule has 9 heteroatoms. The predicted octanol–water partition coefficient (Wildman–Crippen LogP) is 3.50. The van der Waals surface area contributed by atoms with Crippen LogP contribution in [0.2, 0.25) is 5.02 Å². The number of methoxy groups -OCH3 is 1. The van der Waals surface area contributed by atoms with Crippen molar-refractivity contribution in [2.75, 3.05) is 26.8 Å². The quantitative estimate of drug-likeness (QED) is 0.819. The third-order valence-electron chi connectivity index (χ3n) is 3.70. The summed E-state index contributed by atoms with van der Waals surface area (Å²) in [4.78, 5) is 13.5. The van der Waals surface area contributed by atoms with Gasteiger partial charge in [-0.05, 0) is 12.1 Å². The molecule has 0 aliphatic carbocycles. The molecule has 0 spiro atoms. The molecule has 24 heavy (non-hydrogen) atoms.